The minimum absolute atomic E-state index is 0.0412. The Labute approximate surface area is 247 Å². The van der Waals surface area contributed by atoms with E-state index in [4.69, 9.17) is 4.74 Å². The molecule has 1 N–H and O–H groups in total. The van der Waals surface area contributed by atoms with E-state index in [0.29, 0.717) is 17.9 Å². The highest BCUT2D eigenvalue weighted by molar-refractivity contribution is 5.87. The highest BCUT2D eigenvalue weighted by Crippen LogP contribution is 2.31. The third-order valence-electron chi connectivity index (χ3n) is 7.13. The zero-order valence-electron chi connectivity index (χ0n) is 25.4. The number of benzene rings is 1. The van der Waals surface area contributed by atoms with Crippen LogP contribution in [0.3, 0.4) is 0 Å². The van der Waals surface area contributed by atoms with Crippen LogP contribution in [-0.2, 0) is 11.3 Å². The lowest BCUT2D eigenvalue weighted by Crippen LogP contribution is -2.31. The maximum absolute atomic E-state index is 12.5. The van der Waals surface area contributed by atoms with E-state index in [2.05, 4.69) is 55.3 Å². The Morgan fingerprint density at radius 2 is 1.81 bits per heavy atom. The summed E-state index contributed by atoms with van der Waals surface area (Å²) in [6, 6.07) is 7.34. The molecule has 0 amide bonds. The van der Waals surface area contributed by atoms with E-state index in [1.165, 1.54) is 23.9 Å². The predicted octanol–water partition coefficient (Wildman–Crippen LogP) is 8.88. The largest absolute Gasteiger partial charge is 0.573 e. The molecule has 0 spiro atoms. The summed E-state index contributed by atoms with van der Waals surface area (Å²) in [7, 11) is 0. The van der Waals surface area contributed by atoms with Crippen molar-refractivity contribution in [2.24, 2.45) is 5.92 Å². The molecule has 1 aromatic carbocycles. The highest BCUT2D eigenvalue weighted by atomic mass is 19.4. The fraction of sp³-hybridized carbons (Fsp3) is 0.455. The van der Waals surface area contributed by atoms with Gasteiger partial charge in [-0.25, -0.2) is 4.79 Å². The smallest absolute Gasteiger partial charge is 0.489 e. The van der Waals surface area contributed by atoms with Crippen LogP contribution in [0.25, 0.3) is 0 Å². The first-order valence-corrected chi connectivity index (χ1v) is 14.4. The van der Waals surface area contributed by atoms with Crippen LogP contribution in [0, 0.1) is 5.92 Å². The molecule has 2 unspecified atom stereocenters. The fourth-order valence-electron chi connectivity index (χ4n) is 4.40. The van der Waals surface area contributed by atoms with Gasteiger partial charge in [-0.05, 0) is 74.1 Å². The van der Waals surface area contributed by atoms with E-state index in [-0.39, 0.29) is 29.8 Å². The number of hydrogen-bond donors (Lipinski definition) is 1. The molecule has 6 nitrogen and oxygen atoms in total. The number of allylic oxidation sites excluding steroid dienone is 4. The van der Waals surface area contributed by atoms with Gasteiger partial charge in [-0.2, -0.15) is 0 Å². The van der Waals surface area contributed by atoms with E-state index >= 15 is 0 Å². The van der Waals surface area contributed by atoms with Crippen LogP contribution in [-0.4, -0.2) is 40.4 Å². The molecule has 0 bridgehead atoms. The highest BCUT2D eigenvalue weighted by Gasteiger charge is 2.31. The van der Waals surface area contributed by atoms with E-state index in [1.54, 1.807) is 24.4 Å². The van der Waals surface area contributed by atoms with Gasteiger partial charge in [0.1, 0.15) is 18.1 Å². The van der Waals surface area contributed by atoms with E-state index in [9.17, 15) is 23.1 Å². The first-order valence-electron chi connectivity index (χ1n) is 14.4. The number of aromatic carboxylic acids is 1. The van der Waals surface area contributed by atoms with E-state index in [1.807, 2.05) is 19.1 Å². The summed E-state index contributed by atoms with van der Waals surface area (Å²) >= 11 is 0. The maximum Gasteiger partial charge on any atom is 0.573 e. The SMILES string of the molecule is C\C=C(/C=C(\C=C(\C)CC)N(CCC)CC(c1cncc(C(=O)O)c1)C(C)CC)OCc1ccc(OC(F)(F)F)cc1. The Morgan fingerprint density at radius 3 is 2.36 bits per heavy atom. The number of carboxylic acid groups (broad SMARTS) is 1. The second-order valence-electron chi connectivity index (χ2n) is 10.3. The lowest BCUT2D eigenvalue weighted by Gasteiger charge is -2.33. The van der Waals surface area contributed by atoms with E-state index in [0.717, 1.165) is 37.1 Å². The molecule has 42 heavy (non-hydrogen) atoms. The molecule has 0 saturated heterocycles. The van der Waals surface area contributed by atoms with Crippen molar-refractivity contribution in [3.8, 4) is 5.75 Å². The summed E-state index contributed by atoms with van der Waals surface area (Å²) in [5.41, 5.74) is 3.91. The fourth-order valence-corrected chi connectivity index (χ4v) is 4.40. The minimum Gasteiger partial charge on any atom is -0.489 e. The van der Waals surface area contributed by atoms with Gasteiger partial charge >= 0.3 is 12.3 Å². The van der Waals surface area contributed by atoms with Gasteiger partial charge in [0.05, 0.1) is 5.56 Å². The van der Waals surface area contributed by atoms with Crippen molar-refractivity contribution in [1.82, 2.24) is 9.88 Å². The van der Waals surface area contributed by atoms with Gasteiger partial charge in [0.25, 0.3) is 0 Å². The molecule has 0 aliphatic rings. The van der Waals surface area contributed by atoms with Gasteiger partial charge < -0.3 is 19.5 Å². The van der Waals surface area contributed by atoms with Crippen LogP contribution in [0.15, 0.2) is 78.0 Å². The lowest BCUT2D eigenvalue weighted by molar-refractivity contribution is -0.274. The number of hydrogen-bond acceptors (Lipinski definition) is 5. The van der Waals surface area contributed by atoms with Crippen molar-refractivity contribution in [2.45, 2.75) is 79.7 Å². The predicted molar refractivity (Wildman–Crippen MR) is 159 cm³/mol. The number of alkyl halides is 3. The number of nitrogens with zero attached hydrogens (tertiary/aromatic N) is 2. The van der Waals surface area contributed by atoms with Gasteiger partial charge in [-0.3, -0.25) is 4.98 Å². The standard InChI is InChI=1S/C33H43F3N2O4/c1-7-15-38(21-31(24(6)9-3)26-17-27(32(39)40)20-37-19-26)28(16-23(5)8-2)18-29(10-4)41-22-25-11-13-30(14-12-25)42-33(34,35)36/h10-14,16-20,24,31H,7-9,15,21-22H2,1-6H3,(H,39,40)/b23-16-,28-18+,29-10+. The molecular weight excluding hydrogens is 545 g/mol. The van der Waals surface area contributed by atoms with Crippen molar-refractivity contribution in [2.75, 3.05) is 13.1 Å². The molecule has 1 heterocycles. The number of pyridine rings is 1. The van der Waals surface area contributed by atoms with Crippen LogP contribution >= 0.6 is 0 Å². The number of aromatic nitrogens is 1. The number of ether oxygens (including phenoxy) is 2. The first kappa shape index (κ1) is 34.5. The van der Waals surface area contributed by atoms with Crippen molar-refractivity contribution in [3.05, 3.63) is 94.7 Å². The molecule has 230 valence electrons. The average Bonchev–Trinajstić information content (AvgIpc) is 2.96. The Bertz CT molecular complexity index is 1240. The number of carbonyl (C=O) groups is 1. The Hall–Kier alpha value is -3.75. The number of halogens is 3. The Kier molecular flexibility index (Phi) is 13.6. The Balaban J connectivity index is 2.39. The first-order chi connectivity index (χ1) is 19.9. The second kappa shape index (κ2) is 16.6. The molecule has 0 aliphatic carbocycles. The summed E-state index contributed by atoms with van der Waals surface area (Å²) in [5, 5.41) is 9.55. The normalized spacial score (nSPS) is 14.4. The van der Waals surface area contributed by atoms with Crippen LogP contribution in [0.5, 0.6) is 5.75 Å². The summed E-state index contributed by atoms with van der Waals surface area (Å²) in [6.45, 7) is 14.1. The monoisotopic (exact) mass is 588 g/mol. The number of rotatable bonds is 16. The zero-order valence-corrected chi connectivity index (χ0v) is 25.4. The minimum atomic E-state index is -4.74. The molecule has 0 fully saturated rings. The van der Waals surface area contributed by atoms with Crippen molar-refractivity contribution >= 4 is 5.97 Å². The quantitative estimate of drug-likeness (QED) is 0.156. The molecular formula is C33H43F3N2O4. The van der Waals surface area contributed by atoms with Crippen molar-refractivity contribution < 1.29 is 32.5 Å². The topological polar surface area (TPSA) is 71.9 Å². The van der Waals surface area contributed by atoms with Gasteiger partial charge in [-0.15, -0.1) is 13.2 Å². The molecule has 2 atom stereocenters. The van der Waals surface area contributed by atoms with Crippen LogP contribution in [0.4, 0.5) is 13.2 Å². The summed E-state index contributed by atoms with van der Waals surface area (Å²) in [6.07, 6.45) is 7.05. The molecule has 2 aromatic rings. The molecule has 0 radical (unpaired) electrons. The third-order valence-corrected chi connectivity index (χ3v) is 7.13. The van der Waals surface area contributed by atoms with Crippen LogP contribution in [0.1, 0.15) is 88.2 Å². The summed E-state index contributed by atoms with van der Waals surface area (Å²) < 4.78 is 47.5. The summed E-state index contributed by atoms with van der Waals surface area (Å²) in [4.78, 5) is 18.2. The van der Waals surface area contributed by atoms with E-state index < -0.39 is 12.3 Å². The summed E-state index contributed by atoms with van der Waals surface area (Å²) in [5.74, 6) is -0.349. The van der Waals surface area contributed by atoms with Gasteiger partial charge in [-0.1, -0.05) is 51.8 Å². The lowest BCUT2D eigenvalue weighted by atomic mass is 9.85. The van der Waals surface area contributed by atoms with Gasteiger partial charge in [0.2, 0.25) is 0 Å². The molecule has 0 saturated carbocycles. The van der Waals surface area contributed by atoms with Gasteiger partial charge in [0, 0.05) is 43.2 Å². The van der Waals surface area contributed by atoms with Crippen LogP contribution < -0.4 is 4.74 Å². The zero-order chi connectivity index (χ0) is 31.3. The van der Waals surface area contributed by atoms with Crippen LogP contribution in [0.2, 0.25) is 0 Å². The molecule has 1 aromatic heterocycles. The van der Waals surface area contributed by atoms with Gasteiger partial charge in [0.15, 0.2) is 0 Å². The molecule has 2 rings (SSSR count). The van der Waals surface area contributed by atoms with Crippen molar-refractivity contribution in [3.63, 3.8) is 0 Å². The number of carboxylic acids is 1. The maximum atomic E-state index is 12.5. The third kappa shape index (κ3) is 11.3. The Morgan fingerprint density at radius 1 is 1.12 bits per heavy atom. The second-order valence-corrected chi connectivity index (χ2v) is 10.3. The average molecular weight is 589 g/mol. The molecule has 0 aliphatic heterocycles. The van der Waals surface area contributed by atoms with Crippen molar-refractivity contribution in [1.29, 1.82) is 0 Å². The molecule has 9 heteroatoms.